The molecule has 0 spiro atoms. The first kappa shape index (κ1) is 18.6. The molecule has 7 heteroatoms. The maximum atomic E-state index is 12.7. The Morgan fingerprint density at radius 3 is 2.59 bits per heavy atom. The highest BCUT2D eigenvalue weighted by molar-refractivity contribution is 5.81. The standard InChI is InChI=1S/C20H21NO6/c1-13(15-8-9-17-18(11-15)26-12-25-17)27-19(22)16(21-20(23)24-2)10-14-6-4-3-5-7-14/h3-9,11,13,16H,10,12H2,1-2H3,(H,21,23). The summed E-state index contributed by atoms with van der Waals surface area (Å²) in [5.74, 6) is 0.727. The van der Waals surface area contributed by atoms with Crippen LogP contribution in [0.15, 0.2) is 48.5 Å². The lowest BCUT2D eigenvalue weighted by atomic mass is 10.1. The van der Waals surface area contributed by atoms with E-state index in [-0.39, 0.29) is 6.79 Å². The Labute approximate surface area is 157 Å². The molecule has 142 valence electrons. The van der Waals surface area contributed by atoms with Crippen LogP contribution < -0.4 is 14.8 Å². The highest BCUT2D eigenvalue weighted by Crippen LogP contribution is 2.34. The summed E-state index contributed by atoms with van der Waals surface area (Å²) in [6.07, 6.45) is -0.920. The van der Waals surface area contributed by atoms with Crippen molar-refractivity contribution in [2.24, 2.45) is 0 Å². The summed E-state index contributed by atoms with van der Waals surface area (Å²) in [4.78, 5) is 24.3. The summed E-state index contributed by atoms with van der Waals surface area (Å²) < 4.78 is 20.8. The number of alkyl carbamates (subject to hydrolysis) is 1. The van der Waals surface area contributed by atoms with Crippen molar-refractivity contribution in [2.75, 3.05) is 13.9 Å². The minimum Gasteiger partial charge on any atom is -0.456 e. The van der Waals surface area contributed by atoms with Crippen LogP contribution in [0.25, 0.3) is 0 Å². The van der Waals surface area contributed by atoms with E-state index in [4.69, 9.17) is 14.2 Å². The summed E-state index contributed by atoms with van der Waals surface area (Å²) in [5.41, 5.74) is 1.66. The maximum Gasteiger partial charge on any atom is 0.407 e. The van der Waals surface area contributed by atoms with Gasteiger partial charge in [0.1, 0.15) is 12.1 Å². The van der Waals surface area contributed by atoms with Crippen molar-refractivity contribution in [2.45, 2.75) is 25.5 Å². The molecule has 3 rings (SSSR count). The number of nitrogens with one attached hydrogen (secondary N) is 1. The number of rotatable bonds is 6. The van der Waals surface area contributed by atoms with Crippen LogP contribution in [-0.2, 0) is 20.7 Å². The Bertz CT molecular complexity index is 807. The molecule has 0 saturated heterocycles. The molecule has 0 saturated carbocycles. The molecule has 27 heavy (non-hydrogen) atoms. The zero-order valence-corrected chi connectivity index (χ0v) is 15.1. The third kappa shape index (κ3) is 4.69. The van der Waals surface area contributed by atoms with Gasteiger partial charge in [-0.25, -0.2) is 9.59 Å². The highest BCUT2D eigenvalue weighted by atomic mass is 16.7. The molecule has 2 atom stereocenters. The Hall–Kier alpha value is -3.22. The third-order valence-corrected chi connectivity index (χ3v) is 4.20. The van der Waals surface area contributed by atoms with Gasteiger partial charge in [0.15, 0.2) is 11.5 Å². The van der Waals surface area contributed by atoms with Crippen LogP contribution in [0.1, 0.15) is 24.2 Å². The zero-order valence-electron chi connectivity index (χ0n) is 15.1. The number of fused-ring (bicyclic) bond motifs is 1. The Kier molecular flexibility index (Phi) is 5.80. The second-order valence-corrected chi connectivity index (χ2v) is 6.07. The fraction of sp³-hybridized carbons (Fsp3) is 0.300. The first-order valence-corrected chi connectivity index (χ1v) is 8.55. The second kappa shape index (κ2) is 8.44. The predicted octanol–water partition coefficient (Wildman–Crippen LogP) is 2.99. The van der Waals surface area contributed by atoms with Gasteiger partial charge in [-0.2, -0.15) is 0 Å². The fourth-order valence-corrected chi connectivity index (χ4v) is 2.73. The molecule has 1 heterocycles. The Morgan fingerprint density at radius 2 is 1.85 bits per heavy atom. The molecule has 1 N–H and O–H groups in total. The first-order valence-electron chi connectivity index (χ1n) is 8.55. The van der Waals surface area contributed by atoms with E-state index in [9.17, 15) is 9.59 Å². The number of methoxy groups -OCH3 is 1. The van der Waals surface area contributed by atoms with Crippen LogP contribution in [0.5, 0.6) is 11.5 Å². The van der Waals surface area contributed by atoms with Gasteiger partial charge in [-0.15, -0.1) is 0 Å². The van der Waals surface area contributed by atoms with E-state index in [0.717, 1.165) is 11.1 Å². The topological polar surface area (TPSA) is 83.1 Å². The van der Waals surface area contributed by atoms with E-state index in [1.165, 1.54) is 7.11 Å². The number of ether oxygens (including phenoxy) is 4. The van der Waals surface area contributed by atoms with Gasteiger partial charge in [0.05, 0.1) is 7.11 Å². The van der Waals surface area contributed by atoms with Crippen LogP contribution in [0.3, 0.4) is 0 Å². The summed E-state index contributed by atoms with van der Waals surface area (Å²) in [5, 5.41) is 2.53. The molecule has 1 aliphatic heterocycles. The molecule has 2 aromatic carbocycles. The number of hydrogen-bond acceptors (Lipinski definition) is 6. The maximum absolute atomic E-state index is 12.7. The average molecular weight is 371 g/mol. The summed E-state index contributed by atoms with van der Waals surface area (Å²) in [7, 11) is 1.25. The minimum absolute atomic E-state index is 0.176. The largest absolute Gasteiger partial charge is 0.456 e. The van der Waals surface area contributed by atoms with Crippen LogP contribution in [0.4, 0.5) is 4.79 Å². The third-order valence-electron chi connectivity index (χ3n) is 4.20. The van der Waals surface area contributed by atoms with Gasteiger partial charge >= 0.3 is 12.1 Å². The molecule has 0 bridgehead atoms. The fourth-order valence-electron chi connectivity index (χ4n) is 2.73. The van der Waals surface area contributed by atoms with Gasteiger partial charge in [0.2, 0.25) is 6.79 Å². The normalized spacial score (nSPS) is 14.1. The number of carbonyl (C=O) groups excluding carboxylic acids is 2. The van der Waals surface area contributed by atoms with Crippen LogP contribution in [0.2, 0.25) is 0 Å². The number of esters is 1. The number of amides is 1. The molecule has 1 aliphatic rings. The average Bonchev–Trinajstić information content (AvgIpc) is 3.15. The van der Waals surface area contributed by atoms with Crippen molar-refractivity contribution in [3.63, 3.8) is 0 Å². The summed E-state index contributed by atoms with van der Waals surface area (Å²) in [6.45, 7) is 1.93. The van der Waals surface area contributed by atoms with Gasteiger partial charge in [0, 0.05) is 6.42 Å². The van der Waals surface area contributed by atoms with Crippen molar-refractivity contribution in [1.29, 1.82) is 0 Å². The Balaban J connectivity index is 1.69. The first-order chi connectivity index (χ1) is 13.1. The van der Waals surface area contributed by atoms with Crippen LogP contribution in [0, 0.1) is 0 Å². The monoisotopic (exact) mass is 371 g/mol. The quantitative estimate of drug-likeness (QED) is 0.786. The van der Waals surface area contributed by atoms with E-state index in [2.05, 4.69) is 10.1 Å². The summed E-state index contributed by atoms with van der Waals surface area (Å²) in [6, 6.07) is 13.9. The van der Waals surface area contributed by atoms with E-state index in [0.29, 0.717) is 17.9 Å². The van der Waals surface area contributed by atoms with Crippen molar-refractivity contribution in [3.8, 4) is 11.5 Å². The van der Waals surface area contributed by atoms with Gasteiger partial charge < -0.3 is 24.3 Å². The molecule has 2 unspecified atom stereocenters. The molecule has 0 fully saturated rings. The van der Waals surface area contributed by atoms with Gasteiger partial charge in [0.25, 0.3) is 0 Å². The summed E-state index contributed by atoms with van der Waals surface area (Å²) >= 11 is 0. The lowest BCUT2D eigenvalue weighted by Gasteiger charge is -2.20. The minimum atomic E-state index is -0.865. The Morgan fingerprint density at radius 1 is 1.11 bits per heavy atom. The van der Waals surface area contributed by atoms with E-state index < -0.39 is 24.2 Å². The molecule has 1 amide bonds. The molecule has 2 aromatic rings. The number of carbonyl (C=O) groups is 2. The molecule has 0 aromatic heterocycles. The lowest BCUT2D eigenvalue weighted by Crippen LogP contribution is -2.43. The molecular formula is C20H21NO6. The van der Waals surface area contributed by atoms with E-state index in [1.807, 2.05) is 36.4 Å². The second-order valence-electron chi connectivity index (χ2n) is 6.07. The SMILES string of the molecule is COC(=O)NC(Cc1ccccc1)C(=O)OC(C)c1ccc2c(c1)OCO2. The van der Waals surface area contributed by atoms with E-state index >= 15 is 0 Å². The molecular weight excluding hydrogens is 350 g/mol. The molecule has 0 aliphatic carbocycles. The van der Waals surface area contributed by atoms with E-state index in [1.54, 1.807) is 19.1 Å². The molecule has 0 radical (unpaired) electrons. The van der Waals surface area contributed by atoms with Gasteiger partial charge in [-0.1, -0.05) is 36.4 Å². The van der Waals surface area contributed by atoms with Crippen molar-refractivity contribution < 1.29 is 28.5 Å². The number of benzene rings is 2. The van der Waals surface area contributed by atoms with Gasteiger partial charge in [-0.3, -0.25) is 0 Å². The highest BCUT2D eigenvalue weighted by Gasteiger charge is 2.26. The molecule has 7 nitrogen and oxygen atoms in total. The van der Waals surface area contributed by atoms with Crippen molar-refractivity contribution in [1.82, 2.24) is 5.32 Å². The van der Waals surface area contributed by atoms with Gasteiger partial charge in [-0.05, 0) is 30.2 Å². The lowest BCUT2D eigenvalue weighted by molar-refractivity contribution is -0.151. The zero-order chi connectivity index (χ0) is 19.2. The number of hydrogen-bond donors (Lipinski definition) is 1. The van der Waals surface area contributed by atoms with Crippen LogP contribution >= 0.6 is 0 Å². The smallest absolute Gasteiger partial charge is 0.407 e. The van der Waals surface area contributed by atoms with Crippen molar-refractivity contribution >= 4 is 12.1 Å². The van der Waals surface area contributed by atoms with Crippen molar-refractivity contribution in [3.05, 3.63) is 59.7 Å². The van der Waals surface area contributed by atoms with Crippen LogP contribution in [-0.4, -0.2) is 32.0 Å². The predicted molar refractivity (Wildman–Crippen MR) is 96.5 cm³/mol.